The lowest BCUT2D eigenvalue weighted by atomic mass is 10.1. The lowest BCUT2D eigenvalue weighted by molar-refractivity contribution is 0.0303. The summed E-state index contributed by atoms with van der Waals surface area (Å²) in [5.74, 6) is 0.650. The Labute approximate surface area is 158 Å². The number of hydrogen-bond acceptors (Lipinski definition) is 4. The van der Waals surface area contributed by atoms with Crippen LogP contribution in [0.15, 0.2) is 42.5 Å². The molecule has 0 unspecified atom stereocenters. The summed E-state index contributed by atoms with van der Waals surface area (Å²) in [6.07, 6.45) is 1.01. The first-order valence-corrected chi connectivity index (χ1v) is 9.18. The highest BCUT2D eigenvalue weighted by Gasteiger charge is 2.20. The third kappa shape index (κ3) is 3.80. The summed E-state index contributed by atoms with van der Waals surface area (Å²) in [6.45, 7) is 4.36. The first kappa shape index (κ1) is 17.5. The number of nitrogens with one attached hydrogen (secondary N) is 1. The number of rotatable bonds is 3. The Bertz CT molecular complexity index is 857. The summed E-state index contributed by atoms with van der Waals surface area (Å²) >= 11 is 0. The molecule has 0 aromatic heterocycles. The number of nitrogens with zero attached hydrogens (tertiary/aromatic N) is 1. The SMILES string of the molecule is C[C@H]1Cc2cc(NC(=O)c3ccc(C(=O)N4CCOCC4)cc3)ccc2O1. The number of anilines is 1. The van der Waals surface area contributed by atoms with E-state index in [1.54, 1.807) is 29.2 Å². The molecule has 2 aliphatic heterocycles. The molecular weight excluding hydrogens is 344 g/mol. The molecule has 0 aliphatic carbocycles. The first-order valence-electron chi connectivity index (χ1n) is 9.18. The van der Waals surface area contributed by atoms with Crippen LogP contribution in [0.1, 0.15) is 33.2 Å². The van der Waals surface area contributed by atoms with Gasteiger partial charge in [0.25, 0.3) is 11.8 Å². The second-order valence-corrected chi connectivity index (χ2v) is 6.89. The predicted molar refractivity (Wildman–Crippen MR) is 101 cm³/mol. The lowest BCUT2D eigenvalue weighted by Gasteiger charge is -2.26. The molecule has 1 fully saturated rings. The number of ether oxygens (including phenoxy) is 2. The first-order chi connectivity index (χ1) is 13.1. The Hall–Kier alpha value is -2.86. The third-order valence-electron chi connectivity index (χ3n) is 4.85. The standard InChI is InChI=1S/C21H22N2O4/c1-14-12-17-13-18(6-7-19(17)27-14)22-20(24)15-2-4-16(5-3-15)21(25)23-8-10-26-11-9-23/h2-7,13-14H,8-12H2,1H3,(H,22,24)/t14-/m0/s1. The lowest BCUT2D eigenvalue weighted by Crippen LogP contribution is -2.40. The number of hydrogen-bond donors (Lipinski definition) is 1. The minimum absolute atomic E-state index is 0.0296. The Morgan fingerprint density at radius 3 is 2.48 bits per heavy atom. The van der Waals surface area contributed by atoms with E-state index in [0.29, 0.717) is 37.4 Å². The molecule has 1 saturated heterocycles. The smallest absolute Gasteiger partial charge is 0.255 e. The molecule has 1 atom stereocenters. The van der Waals surface area contributed by atoms with E-state index < -0.39 is 0 Å². The molecule has 6 nitrogen and oxygen atoms in total. The van der Waals surface area contributed by atoms with Gasteiger partial charge < -0.3 is 19.7 Å². The zero-order chi connectivity index (χ0) is 18.8. The predicted octanol–water partition coefficient (Wildman–Crippen LogP) is 2.73. The molecule has 0 saturated carbocycles. The second kappa shape index (κ2) is 7.40. The van der Waals surface area contributed by atoms with Gasteiger partial charge in [-0.1, -0.05) is 0 Å². The third-order valence-corrected chi connectivity index (χ3v) is 4.85. The monoisotopic (exact) mass is 366 g/mol. The van der Waals surface area contributed by atoms with Gasteiger partial charge in [0.1, 0.15) is 11.9 Å². The van der Waals surface area contributed by atoms with E-state index in [-0.39, 0.29) is 17.9 Å². The molecule has 27 heavy (non-hydrogen) atoms. The zero-order valence-electron chi connectivity index (χ0n) is 15.2. The van der Waals surface area contributed by atoms with Crippen molar-refractivity contribution < 1.29 is 19.1 Å². The van der Waals surface area contributed by atoms with Crippen LogP contribution in [0.3, 0.4) is 0 Å². The van der Waals surface area contributed by atoms with Crippen LogP contribution in [-0.2, 0) is 11.2 Å². The van der Waals surface area contributed by atoms with Gasteiger partial charge in [0, 0.05) is 36.3 Å². The fraction of sp³-hybridized carbons (Fsp3) is 0.333. The van der Waals surface area contributed by atoms with E-state index in [1.807, 2.05) is 25.1 Å². The van der Waals surface area contributed by atoms with E-state index in [2.05, 4.69) is 5.32 Å². The minimum Gasteiger partial charge on any atom is -0.490 e. The molecular formula is C21H22N2O4. The average Bonchev–Trinajstić information content (AvgIpc) is 3.07. The number of carbonyl (C=O) groups is 2. The van der Waals surface area contributed by atoms with Gasteiger partial charge in [-0.25, -0.2) is 0 Å². The van der Waals surface area contributed by atoms with Crippen LogP contribution >= 0.6 is 0 Å². The summed E-state index contributed by atoms with van der Waals surface area (Å²) in [5, 5.41) is 2.91. The number of carbonyl (C=O) groups excluding carboxylic acids is 2. The molecule has 0 bridgehead atoms. The van der Waals surface area contributed by atoms with Gasteiger partial charge in [-0.2, -0.15) is 0 Å². The summed E-state index contributed by atoms with van der Waals surface area (Å²) in [5.41, 5.74) is 2.94. The Morgan fingerprint density at radius 1 is 1.04 bits per heavy atom. The van der Waals surface area contributed by atoms with Crippen molar-refractivity contribution >= 4 is 17.5 Å². The average molecular weight is 366 g/mol. The van der Waals surface area contributed by atoms with Crippen molar-refractivity contribution in [3.05, 3.63) is 59.2 Å². The summed E-state index contributed by atoms with van der Waals surface area (Å²) in [4.78, 5) is 26.7. The minimum atomic E-state index is -0.202. The quantitative estimate of drug-likeness (QED) is 0.907. The van der Waals surface area contributed by atoms with Gasteiger partial charge in [-0.3, -0.25) is 9.59 Å². The Balaban J connectivity index is 1.42. The summed E-state index contributed by atoms with van der Waals surface area (Å²) in [7, 11) is 0. The maximum atomic E-state index is 12.5. The number of benzene rings is 2. The van der Waals surface area contributed by atoms with Crippen molar-refractivity contribution in [2.24, 2.45) is 0 Å². The topological polar surface area (TPSA) is 67.9 Å². The van der Waals surface area contributed by atoms with Gasteiger partial charge in [0.15, 0.2) is 0 Å². The van der Waals surface area contributed by atoms with Crippen molar-refractivity contribution in [3.8, 4) is 5.75 Å². The number of morpholine rings is 1. The Kier molecular flexibility index (Phi) is 4.81. The van der Waals surface area contributed by atoms with Gasteiger partial charge in [-0.15, -0.1) is 0 Å². The van der Waals surface area contributed by atoms with Crippen LogP contribution < -0.4 is 10.1 Å². The van der Waals surface area contributed by atoms with E-state index >= 15 is 0 Å². The molecule has 0 radical (unpaired) electrons. The van der Waals surface area contributed by atoms with Crippen LogP contribution in [0.5, 0.6) is 5.75 Å². The molecule has 2 amide bonds. The van der Waals surface area contributed by atoms with E-state index in [1.165, 1.54) is 0 Å². The van der Waals surface area contributed by atoms with Crippen LogP contribution in [-0.4, -0.2) is 49.1 Å². The fourth-order valence-corrected chi connectivity index (χ4v) is 3.42. The summed E-state index contributed by atoms with van der Waals surface area (Å²) in [6, 6.07) is 12.4. The van der Waals surface area contributed by atoms with Gasteiger partial charge in [0.05, 0.1) is 13.2 Å². The highest BCUT2D eigenvalue weighted by Crippen LogP contribution is 2.31. The molecule has 2 aromatic rings. The van der Waals surface area contributed by atoms with Gasteiger partial charge in [0.2, 0.25) is 0 Å². The van der Waals surface area contributed by atoms with Crippen molar-refractivity contribution in [2.45, 2.75) is 19.4 Å². The van der Waals surface area contributed by atoms with E-state index in [9.17, 15) is 9.59 Å². The van der Waals surface area contributed by atoms with Crippen molar-refractivity contribution in [3.63, 3.8) is 0 Å². The molecule has 4 rings (SSSR count). The molecule has 6 heteroatoms. The molecule has 0 spiro atoms. The van der Waals surface area contributed by atoms with Crippen LogP contribution in [0.2, 0.25) is 0 Å². The van der Waals surface area contributed by atoms with Crippen molar-refractivity contribution in [1.29, 1.82) is 0 Å². The Morgan fingerprint density at radius 2 is 1.74 bits per heavy atom. The highest BCUT2D eigenvalue weighted by atomic mass is 16.5. The maximum Gasteiger partial charge on any atom is 0.255 e. The number of fused-ring (bicyclic) bond motifs is 1. The van der Waals surface area contributed by atoms with E-state index in [0.717, 1.165) is 23.4 Å². The van der Waals surface area contributed by atoms with Gasteiger partial charge in [-0.05, 0) is 55.0 Å². The normalized spacial score (nSPS) is 18.6. The zero-order valence-corrected chi connectivity index (χ0v) is 15.2. The van der Waals surface area contributed by atoms with Crippen LogP contribution in [0, 0.1) is 0 Å². The number of amides is 2. The molecule has 2 heterocycles. The molecule has 140 valence electrons. The van der Waals surface area contributed by atoms with E-state index in [4.69, 9.17) is 9.47 Å². The molecule has 2 aromatic carbocycles. The van der Waals surface area contributed by atoms with Crippen LogP contribution in [0.4, 0.5) is 5.69 Å². The molecule has 2 aliphatic rings. The summed E-state index contributed by atoms with van der Waals surface area (Å²) < 4.78 is 11.0. The van der Waals surface area contributed by atoms with Crippen molar-refractivity contribution in [2.75, 3.05) is 31.6 Å². The van der Waals surface area contributed by atoms with Crippen LogP contribution in [0.25, 0.3) is 0 Å². The fourth-order valence-electron chi connectivity index (χ4n) is 3.42. The highest BCUT2D eigenvalue weighted by molar-refractivity contribution is 6.05. The van der Waals surface area contributed by atoms with Gasteiger partial charge >= 0.3 is 0 Å². The molecule has 1 N–H and O–H groups in total. The maximum absolute atomic E-state index is 12.5. The van der Waals surface area contributed by atoms with Crippen molar-refractivity contribution in [1.82, 2.24) is 4.90 Å². The largest absolute Gasteiger partial charge is 0.490 e. The second-order valence-electron chi connectivity index (χ2n) is 6.89.